The molecule has 0 saturated heterocycles. The van der Waals surface area contributed by atoms with Crippen LogP contribution in [-0.2, 0) is 15.5 Å². The van der Waals surface area contributed by atoms with Gasteiger partial charge >= 0.3 is 0 Å². The highest BCUT2D eigenvalue weighted by Crippen LogP contribution is 2.18. The summed E-state index contributed by atoms with van der Waals surface area (Å²) >= 11 is 0. The Labute approximate surface area is 75.4 Å². The number of aromatic nitrogens is 2. The summed E-state index contributed by atoms with van der Waals surface area (Å²) in [7, 11) is -2.39. The Morgan fingerprint density at radius 3 is 2.85 bits per heavy atom. The van der Waals surface area contributed by atoms with E-state index in [1.54, 1.807) is 0 Å². The van der Waals surface area contributed by atoms with E-state index in [-0.39, 0.29) is 5.75 Å². The summed E-state index contributed by atoms with van der Waals surface area (Å²) in [6, 6.07) is 0. The topological polar surface area (TPSA) is 72.3 Å². The molecular formula is C7H7N3O2S. The van der Waals surface area contributed by atoms with Gasteiger partial charge < -0.3 is 0 Å². The van der Waals surface area contributed by atoms with Crippen molar-refractivity contribution in [2.24, 2.45) is 4.36 Å². The van der Waals surface area contributed by atoms with Crippen LogP contribution in [0.25, 0.3) is 0 Å². The maximum absolute atomic E-state index is 11.5. The van der Waals surface area contributed by atoms with Crippen LogP contribution in [0.15, 0.2) is 16.8 Å². The van der Waals surface area contributed by atoms with Gasteiger partial charge in [0.25, 0.3) is 5.91 Å². The summed E-state index contributed by atoms with van der Waals surface area (Å²) in [4.78, 5) is 11.3. The molecule has 0 aliphatic carbocycles. The van der Waals surface area contributed by atoms with Crippen molar-refractivity contribution in [3.63, 3.8) is 0 Å². The van der Waals surface area contributed by atoms with Crippen LogP contribution in [0.4, 0.5) is 0 Å². The van der Waals surface area contributed by atoms with Crippen molar-refractivity contribution in [2.75, 3.05) is 6.26 Å². The third-order valence-corrected chi connectivity index (χ3v) is 3.14. The van der Waals surface area contributed by atoms with Crippen LogP contribution in [0.1, 0.15) is 15.9 Å². The van der Waals surface area contributed by atoms with Gasteiger partial charge in [-0.2, -0.15) is 14.6 Å². The molecule has 0 aromatic carbocycles. The first-order chi connectivity index (χ1) is 6.08. The smallest absolute Gasteiger partial charge is 0.266 e. The molecule has 0 saturated carbocycles. The largest absolute Gasteiger partial charge is 0.287 e. The first kappa shape index (κ1) is 8.31. The van der Waals surface area contributed by atoms with Gasteiger partial charge in [-0.15, -0.1) is 0 Å². The van der Waals surface area contributed by atoms with Crippen molar-refractivity contribution in [1.82, 2.24) is 10.2 Å². The van der Waals surface area contributed by atoms with Crippen LogP contribution in [-0.4, -0.2) is 26.6 Å². The summed E-state index contributed by atoms with van der Waals surface area (Å²) in [5.74, 6) is -0.174. The zero-order valence-electron chi connectivity index (χ0n) is 6.93. The zero-order valence-corrected chi connectivity index (χ0v) is 7.74. The first-order valence-corrected chi connectivity index (χ1v) is 5.71. The maximum Gasteiger partial charge on any atom is 0.287 e. The fourth-order valence-electron chi connectivity index (χ4n) is 1.20. The SMILES string of the molecule is CS1(=O)=NC(=O)c2cnncc2C1. The first-order valence-electron chi connectivity index (χ1n) is 3.62. The fraction of sp³-hybridized carbons (Fsp3) is 0.286. The van der Waals surface area contributed by atoms with E-state index in [1.807, 2.05) is 0 Å². The molecule has 6 heteroatoms. The minimum absolute atomic E-state index is 0.281. The highest BCUT2D eigenvalue weighted by atomic mass is 32.2. The molecule has 0 N–H and O–H groups in total. The molecule has 1 atom stereocenters. The van der Waals surface area contributed by atoms with E-state index in [4.69, 9.17) is 0 Å². The number of carbonyl (C=O) groups excluding carboxylic acids is 1. The third kappa shape index (κ3) is 1.44. The van der Waals surface area contributed by atoms with Crippen LogP contribution in [0, 0.1) is 0 Å². The molecule has 1 aromatic rings. The van der Waals surface area contributed by atoms with Crippen molar-refractivity contribution < 1.29 is 9.00 Å². The molecule has 68 valence electrons. The lowest BCUT2D eigenvalue weighted by Gasteiger charge is -2.11. The van der Waals surface area contributed by atoms with Crippen LogP contribution < -0.4 is 0 Å². The quantitative estimate of drug-likeness (QED) is 0.596. The second-order valence-corrected chi connectivity index (χ2v) is 5.32. The normalized spacial score (nSPS) is 26.4. The molecular weight excluding hydrogens is 190 g/mol. The maximum atomic E-state index is 11.5. The Bertz CT molecular complexity index is 488. The zero-order chi connectivity index (χ0) is 9.47. The van der Waals surface area contributed by atoms with E-state index in [1.165, 1.54) is 18.6 Å². The summed E-state index contributed by atoms with van der Waals surface area (Å²) in [6.07, 6.45) is 4.29. The number of hydrogen-bond acceptors (Lipinski definition) is 4. The Kier molecular flexibility index (Phi) is 1.66. The number of hydrogen-bond donors (Lipinski definition) is 0. The molecule has 1 aromatic heterocycles. The number of nitrogens with zero attached hydrogens (tertiary/aromatic N) is 3. The molecule has 0 bridgehead atoms. The van der Waals surface area contributed by atoms with Gasteiger partial charge in [-0.05, 0) is 0 Å². The van der Waals surface area contributed by atoms with Crippen molar-refractivity contribution in [3.05, 3.63) is 23.5 Å². The van der Waals surface area contributed by atoms with Crippen molar-refractivity contribution in [2.45, 2.75) is 5.75 Å². The van der Waals surface area contributed by atoms with Gasteiger partial charge in [-0.25, -0.2) is 4.21 Å². The summed E-state index contributed by atoms with van der Waals surface area (Å²) in [5, 5.41) is 7.20. The van der Waals surface area contributed by atoms with Gasteiger partial charge in [-0.3, -0.25) is 4.79 Å². The summed E-state index contributed by atoms with van der Waals surface area (Å²) in [5.41, 5.74) is 1.08. The fourth-order valence-corrected chi connectivity index (χ4v) is 2.52. The van der Waals surface area contributed by atoms with E-state index in [9.17, 15) is 9.00 Å². The van der Waals surface area contributed by atoms with Gasteiger partial charge in [-0.1, -0.05) is 0 Å². The molecule has 1 unspecified atom stereocenters. The lowest BCUT2D eigenvalue weighted by molar-refractivity contribution is 0.100. The molecule has 13 heavy (non-hydrogen) atoms. The second-order valence-electron chi connectivity index (χ2n) is 2.93. The van der Waals surface area contributed by atoms with Crippen LogP contribution in [0.5, 0.6) is 0 Å². The van der Waals surface area contributed by atoms with E-state index >= 15 is 0 Å². The standard InChI is InChI=1S/C7H7N3O2S/c1-13(12)4-5-2-8-9-3-6(5)7(11)10-13/h2-3H,4H2,1H3. The van der Waals surface area contributed by atoms with Crippen LogP contribution in [0.2, 0.25) is 0 Å². The lowest BCUT2D eigenvalue weighted by atomic mass is 10.2. The lowest BCUT2D eigenvalue weighted by Crippen LogP contribution is -2.15. The Hall–Kier alpha value is -1.30. The third-order valence-electron chi connectivity index (χ3n) is 1.74. The van der Waals surface area contributed by atoms with Gasteiger partial charge in [0.2, 0.25) is 0 Å². The van der Waals surface area contributed by atoms with Crippen molar-refractivity contribution >= 4 is 15.6 Å². The number of rotatable bonds is 0. The van der Waals surface area contributed by atoms with Gasteiger partial charge in [0.1, 0.15) is 0 Å². The molecule has 5 nitrogen and oxygen atoms in total. The molecule has 0 fully saturated rings. The highest BCUT2D eigenvalue weighted by molar-refractivity contribution is 7.92. The van der Waals surface area contributed by atoms with E-state index in [0.29, 0.717) is 11.1 Å². The highest BCUT2D eigenvalue weighted by Gasteiger charge is 2.21. The predicted molar refractivity (Wildman–Crippen MR) is 46.6 cm³/mol. The molecule has 2 rings (SSSR count). The second kappa shape index (κ2) is 2.59. The minimum atomic E-state index is -2.39. The van der Waals surface area contributed by atoms with Gasteiger partial charge in [0.05, 0.1) is 33.4 Å². The van der Waals surface area contributed by atoms with Gasteiger partial charge in [0.15, 0.2) is 0 Å². The average Bonchev–Trinajstić information content (AvgIpc) is 2.02. The number of fused-ring (bicyclic) bond motifs is 1. The van der Waals surface area contributed by atoms with Crippen molar-refractivity contribution in [1.29, 1.82) is 0 Å². The summed E-state index contributed by atoms with van der Waals surface area (Å²) in [6.45, 7) is 0. The van der Waals surface area contributed by atoms with E-state index in [0.717, 1.165) is 0 Å². The average molecular weight is 197 g/mol. The minimum Gasteiger partial charge on any atom is -0.266 e. The van der Waals surface area contributed by atoms with E-state index in [2.05, 4.69) is 14.6 Å². The predicted octanol–water partition coefficient (Wildman–Crippen LogP) is 0.228. The molecule has 2 heterocycles. The Balaban J connectivity index is 2.66. The van der Waals surface area contributed by atoms with Crippen molar-refractivity contribution in [3.8, 4) is 0 Å². The molecule has 1 aliphatic heterocycles. The van der Waals surface area contributed by atoms with Crippen LogP contribution in [0.3, 0.4) is 0 Å². The Morgan fingerprint density at radius 1 is 1.38 bits per heavy atom. The molecule has 0 spiro atoms. The van der Waals surface area contributed by atoms with Gasteiger partial charge in [0, 0.05) is 11.8 Å². The van der Waals surface area contributed by atoms with Crippen LogP contribution >= 0.6 is 0 Å². The monoisotopic (exact) mass is 197 g/mol. The molecule has 1 amide bonds. The Morgan fingerprint density at radius 2 is 2.08 bits per heavy atom. The number of amides is 1. The number of carbonyl (C=O) groups is 1. The molecule has 0 radical (unpaired) electrons. The molecule has 1 aliphatic rings. The van der Waals surface area contributed by atoms with E-state index < -0.39 is 15.6 Å². The summed E-state index contributed by atoms with van der Waals surface area (Å²) < 4.78 is 15.1.